The molecule has 3 aromatic rings. The Kier molecular flexibility index (Phi) is 5.84. The largest absolute Gasteiger partial charge is 0.348 e. The number of carbonyl (C=O) groups excluding carboxylic acids is 2. The van der Waals surface area contributed by atoms with Gasteiger partial charge in [-0.25, -0.2) is 0 Å². The number of nitrogens with zero attached hydrogens (tertiary/aromatic N) is 1. The second kappa shape index (κ2) is 8.47. The third-order valence-corrected chi connectivity index (χ3v) is 4.19. The maximum Gasteiger partial charge on any atom is 0.257 e. The third kappa shape index (κ3) is 5.15. The van der Waals surface area contributed by atoms with Crippen LogP contribution in [0.4, 0.5) is 5.69 Å². The number of carbonyl (C=O) groups is 2. The predicted octanol–water partition coefficient (Wildman–Crippen LogP) is 4.23. The molecule has 0 bridgehead atoms. The summed E-state index contributed by atoms with van der Waals surface area (Å²) in [6.45, 7) is 2.33. The summed E-state index contributed by atoms with van der Waals surface area (Å²) in [5.41, 5.74) is 3.35. The average Bonchev–Trinajstić information content (AvgIpc) is 2.69. The first-order valence-electron chi connectivity index (χ1n) is 8.37. The summed E-state index contributed by atoms with van der Waals surface area (Å²) >= 11 is 5.85. The normalized spacial score (nSPS) is 10.3. The van der Waals surface area contributed by atoms with Crippen LogP contribution in [0.15, 0.2) is 67.0 Å². The molecule has 0 radical (unpaired) electrons. The zero-order valence-corrected chi connectivity index (χ0v) is 15.5. The van der Waals surface area contributed by atoms with Gasteiger partial charge in [0.2, 0.25) is 0 Å². The Bertz CT molecular complexity index is 954. The average molecular weight is 380 g/mol. The van der Waals surface area contributed by atoms with Crippen LogP contribution in [0.1, 0.15) is 31.8 Å². The monoisotopic (exact) mass is 379 g/mol. The van der Waals surface area contributed by atoms with Crippen molar-refractivity contribution >= 4 is 29.1 Å². The summed E-state index contributed by atoms with van der Waals surface area (Å²) in [5.74, 6) is -0.624. The van der Waals surface area contributed by atoms with Crippen LogP contribution in [0.5, 0.6) is 0 Å². The molecule has 0 atom stereocenters. The molecule has 1 heterocycles. The fraction of sp³-hybridized carbons (Fsp3) is 0.0952. The highest BCUT2D eigenvalue weighted by atomic mass is 35.5. The van der Waals surface area contributed by atoms with Crippen molar-refractivity contribution in [3.63, 3.8) is 0 Å². The van der Waals surface area contributed by atoms with E-state index >= 15 is 0 Å². The number of pyridine rings is 1. The Morgan fingerprint density at radius 1 is 0.926 bits per heavy atom. The van der Waals surface area contributed by atoms with Gasteiger partial charge in [-0.15, -0.1) is 0 Å². The molecule has 2 aromatic carbocycles. The van der Waals surface area contributed by atoms with Crippen molar-refractivity contribution in [3.05, 3.63) is 94.3 Å². The highest BCUT2D eigenvalue weighted by Crippen LogP contribution is 2.12. The van der Waals surface area contributed by atoms with Crippen LogP contribution in [0.2, 0.25) is 5.02 Å². The molecule has 0 spiro atoms. The van der Waals surface area contributed by atoms with E-state index in [9.17, 15) is 9.59 Å². The summed E-state index contributed by atoms with van der Waals surface area (Å²) in [7, 11) is 0. The van der Waals surface area contributed by atoms with Gasteiger partial charge in [-0.2, -0.15) is 0 Å². The summed E-state index contributed by atoms with van der Waals surface area (Å²) in [4.78, 5) is 28.7. The Morgan fingerprint density at radius 3 is 2.22 bits per heavy atom. The molecule has 0 saturated carbocycles. The van der Waals surface area contributed by atoms with E-state index in [1.165, 1.54) is 18.5 Å². The number of hydrogen-bond acceptors (Lipinski definition) is 3. The molecule has 0 unspecified atom stereocenters. The van der Waals surface area contributed by atoms with Crippen molar-refractivity contribution in [3.8, 4) is 0 Å². The number of hydrogen-bond donors (Lipinski definition) is 2. The van der Waals surface area contributed by atoms with Crippen molar-refractivity contribution in [1.82, 2.24) is 10.3 Å². The molecule has 0 aliphatic heterocycles. The zero-order valence-electron chi connectivity index (χ0n) is 14.7. The topological polar surface area (TPSA) is 71.1 Å². The summed E-state index contributed by atoms with van der Waals surface area (Å²) in [6.07, 6.45) is 2.86. The maximum absolute atomic E-state index is 12.4. The van der Waals surface area contributed by atoms with Gasteiger partial charge in [0.25, 0.3) is 11.8 Å². The number of amides is 2. The Morgan fingerprint density at radius 2 is 1.56 bits per heavy atom. The van der Waals surface area contributed by atoms with Gasteiger partial charge >= 0.3 is 0 Å². The minimum Gasteiger partial charge on any atom is -0.348 e. The van der Waals surface area contributed by atoms with Gasteiger partial charge in [0.1, 0.15) is 0 Å². The Hall–Kier alpha value is -3.18. The van der Waals surface area contributed by atoms with Crippen LogP contribution in [0.3, 0.4) is 0 Å². The van der Waals surface area contributed by atoms with E-state index < -0.39 is 0 Å². The molecular formula is C21H18ClN3O2. The predicted molar refractivity (Wildman–Crippen MR) is 106 cm³/mol. The van der Waals surface area contributed by atoms with Crippen molar-refractivity contribution < 1.29 is 9.59 Å². The van der Waals surface area contributed by atoms with Crippen molar-refractivity contribution in [1.29, 1.82) is 0 Å². The van der Waals surface area contributed by atoms with E-state index in [1.54, 1.807) is 12.1 Å². The first-order chi connectivity index (χ1) is 13.0. The van der Waals surface area contributed by atoms with Crippen molar-refractivity contribution in [2.45, 2.75) is 13.5 Å². The summed E-state index contributed by atoms with van der Waals surface area (Å²) in [6, 6.07) is 16.2. The number of aromatic nitrogens is 1. The molecule has 3 rings (SSSR count). The van der Waals surface area contributed by atoms with E-state index in [4.69, 9.17) is 11.6 Å². The van der Waals surface area contributed by atoms with Gasteiger partial charge in [0.05, 0.1) is 11.1 Å². The fourth-order valence-corrected chi connectivity index (χ4v) is 2.54. The van der Waals surface area contributed by atoms with Gasteiger partial charge in [-0.3, -0.25) is 14.6 Å². The molecule has 1 aromatic heterocycles. The van der Waals surface area contributed by atoms with Crippen LogP contribution < -0.4 is 10.6 Å². The molecule has 0 aliphatic carbocycles. The smallest absolute Gasteiger partial charge is 0.257 e. The minimum atomic E-state index is -0.321. The van der Waals surface area contributed by atoms with E-state index in [-0.39, 0.29) is 11.8 Å². The summed E-state index contributed by atoms with van der Waals surface area (Å²) < 4.78 is 0. The number of anilines is 1. The molecule has 5 nitrogen and oxygen atoms in total. The molecule has 2 amide bonds. The number of halogens is 1. The lowest BCUT2D eigenvalue weighted by Crippen LogP contribution is -2.23. The number of aryl methyl sites for hydroxylation is 1. The highest BCUT2D eigenvalue weighted by molar-refractivity contribution is 6.30. The van der Waals surface area contributed by atoms with Crippen LogP contribution in [-0.4, -0.2) is 16.8 Å². The molecule has 6 heteroatoms. The second-order valence-corrected chi connectivity index (χ2v) is 6.53. The van der Waals surface area contributed by atoms with E-state index in [0.29, 0.717) is 28.4 Å². The van der Waals surface area contributed by atoms with Gasteiger partial charge in [0, 0.05) is 29.6 Å². The lowest BCUT2D eigenvalue weighted by molar-refractivity contribution is 0.0950. The summed E-state index contributed by atoms with van der Waals surface area (Å²) in [5, 5.41) is 6.23. The van der Waals surface area contributed by atoms with Gasteiger partial charge < -0.3 is 10.6 Å². The number of nitrogens with one attached hydrogen (secondary N) is 2. The van der Waals surface area contributed by atoms with Crippen LogP contribution in [0.25, 0.3) is 0 Å². The van der Waals surface area contributed by atoms with Crippen molar-refractivity contribution in [2.75, 3.05) is 5.32 Å². The van der Waals surface area contributed by atoms with Crippen LogP contribution in [0, 0.1) is 6.92 Å². The molecule has 0 fully saturated rings. The van der Waals surface area contributed by atoms with Crippen LogP contribution in [-0.2, 0) is 6.54 Å². The second-order valence-electron chi connectivity index (χ2n) is 6.09. The first-order valence-corrected chi connectivity index (χ1v) is 8.75. The first kappa shape index (κ1) is 18.6. The van der Waals surface area contributed by atoms with E-state index in [1.807, 2.05) is 43.3 Å². The molecule has 27 heavy (non-hydrogen) atoms. The van der Waals surface area contributed by atoms with E-state index in [2.05, 4.69) is 15.6 Å². The lowest BCUT2D eigenvalue weighted by atomic mass is 10.1. The quantitative estimate of drug-likeness (QED) is 0.697. The molecule has 2 N–H and O–H groups in total. The van der Waals surface area contributed by atoms with Crippen LogP contribution >= 0.6 is 11.6 Å². The molecule has 0 saturated heterocycles. The lowest BCUT2D eigenvalue weighted by Gasteiger charge is -2.08. The minimum absolute atomic E-state index is 0.303. The molecule has 136 valence electrons. The third-order valence-electron chi connectivity index (χ3n) is 3.94. The van der Waals surface area contributed by atoms with Gasteiger partial charge in [-0.05, 0) is 42.8 Å². The highest BCUT2D eigenvalue weighted by Gasteiger charge is 2.11. The van der Waals surface area contributed by atoms with Gasteiger partial charge in [0.15, 0.2) is 0 Å². The van der Waals surface area contributed by atoms with Gasteiger partial charge in [-0.1, -0.05) is 41.4 Å². The standard InChI is InChI=1S/C21H18ClN3O2/c1-14-2-8-19(9-3-14)25-21(27)17-10-16(12-23-13-17)20(26)24-11-15-4-6-18(22)7-5-15/h2-10,12-13H,11H2,1H3,(H,24,26)(H,25,27). The number of benzene rings is 2. The maximum atomic E-state index is 12.4. The van der Waals surface area contributed by atoms with E-state index in [0.717, 1.165) is 11.1 Å². The van der Waals surface area contributed by atoms with Crippen molar-refractivity contribution in [2.24, 2.45) is 0 Å². The Labute approximate surface area is 162 Å². The molecular weight excluding hydrogens is 362 g/mol. The molecule has 0 aliphatic rings. The fourth-order valence-electron chi connectivity index (χ4n) is 2.42. The zero-order chi connectivity index (χ0) is 19.2. The Balaban J connectivity index is 1.65. The number of rotatable bonds is 5. The SMILES string of the molecule is Cc1ccc(NC(=O)c2cncc(C(=O)NCc3ccc(Cl)cc3)c2)cc1.